The van der Waals surface area contributed by atoms with Crippen LogP contribution in [0.15, 0.2) is 0 Å². The fourth-order valence-corrected chi connectivity index (χ4v) is 0.495. The van der Waals surface area contributed by atoms with Crippen LogP contribution in [-0.2, 0) is 9.47 Å². The maximum absolute atomic E-state index is 10.7. The van der Waals surface area contributed by atoms with E-state index in [0.29, 0.717) is 13.2 Å². The van der Waals surface area contributed by atoms with Crippen molar-refractivity contribution in [3.8, 4) is 0 Å². The average Bonchev–Trinajstić information content (AvgIpc) is 1.86. The molecule has 0 radical (unpaired) electrons. The van der Waals surface area contributed by atoms with Crippen molar-refractivity contribution in [3.05, 3.63) is 0 Å². The molecule has 0 fully saturated rings. The van der Waals surface area contributed by atoms with Crippen LogP contribution < -0.4 is 5.32 Å². The largest absolute Gasteiger partial charge is 0.447 e. The van der Waals surface area contributed by atoms with Crippen molar-refractivity contribution in [3.63, 3.8) is 0 Å². The van der Waals surface area contributed by atoms with Crippen molar-refractivity contribution in [1.82, 2.24) is 5.32 Å². The summed E-state index contributed by atoms with van der Waals surface area (Å²) in [5.41, 5.74) is 0. The second-order valence-corrected chi connectivity index (χ2v) is 2.43. The van der Waals surface area contributed by atoms with Crippen LogP contribution >= 0.6 is 0 Å². The Morgan fingerprint density at radius 2 is 2.09 bits per heavy atom. The van der Waals surface area contributed by atoms with Gasteiger partial charge in [0.25, 0.3) is 0 Å². The first-order valence-electron chi connectivity index (χ1n) is 3.59. The maximum Gasteiger partial charge on any atom is 0.407 e. The Morgan fingerprint density at radius 3 is 2.55 bits per heavy atom. The highest BCUT2D eigenvalue weighted by molar-refractivity contribution is 5.67. The van der Waals surface area contributed by atoms with Gasteiger partial charge in [-0.15, -0.1) is 0 Å². The number of hydrogen-bond acceptors (Lipinski definition) is 3. The van der Waals surface area contributed by atoms with Crippen LogP contribution in [0, 0.1) is 0 Å². The molecular formula is C7H15NO3. The molecule has 66 valence electrons. The minimum Gasteiger partial charge on any atom is -0.447 e. The first-order chi connectivity index (χ1) is 5.16. The minimum absolute atomic E-state index is 0.116. The van der Waals surface area contributed by atoms with Gasteiger partial charge >= 0.3 is 6.09 Å². The molecule has 0 saturated heterocycles. The molecule has 0 aliphatic carbocycles. The summed E-state index contributed by atoms with van der Waals surface area (Å²) in [5, 5.41) is 2.58. The summed E-state index contributed by atoms with van der Waals surface area (Å²) in [5.74, 6) is 0. The summed E-state index contributed by atoms with van der Waals surface area (Å²) in [4.78, 5) is 10.7. The van der Waals surface area contributed by atoms with E-state index in [9.17, 15) is 4.79 Å². The Labute approximate surface area is 66.9 Å². The Balaban J connectivity index is 3.23. The van der Waals surface area contributed by atoms with Crippen LogP contribution in [0.5, 0.6) is 0 Å². The van der Waals surface area contributed by atoms with Gasteiger partial charge in [-0.1, -0.05) is 0 Å². The molecule has 4 heteroatoms. The van der Waals surface area contributed by atoms with Gasteiger partial charge in [0.05, 0.1) is 6.61 Å². The van der Waals surface area contributed by atoms with Gasteiger partial charge < -0.3 is 14.8 Å². The van der Waals surface area contributed by atoms with Crippen LogP contribution in [0.4, 0.5) is 4.79 Å². The van der Waals surface area contributed by atoms with Gasteiger partial charge in [-0.3, -0.25) is 0 Å². The number of carbonyl (C=O) groups excluding carboxylic acids is 1. The molecule has 1 amide bonds. The smallest absolute Gasteiger partial charge is 0.407 e. The first-order valence-corrected chi connectivity index (χ1v) is 3.59. The number of alkyl carbamates (subject to hydrolysis) is 1. The molecule has 0 saturated carbocycles. The highest BCUT2D eigenvalue weighted by atomic mass is 16.6. The van der Waals surface area contributed by atoms with Crippen molar-refractivity contribution in [2.24, 2.45) is 0 Å². The lowest BCUT2D eigenvalue weighted by Crippen LogP contribution is -2.31. The third kappa shape index (κ3) is 7.12. The Bertz CT molecular complexity index is 114. The SMILES string of the molecule is COCCOC(=O)NC(C)C. The van der Waals surface area contributed by atoms with E-state index in [0.717, 1.165) is 0 Å². The number of amides is 1. The van der Waals surface area contributed by atoms with Gasteiger partial charge in [-0.05, 0) is 13.8 Å². The summed E-state index contributed by atoms with van der Waals surface area (Å²) in [7, 11) is 1.56. The van der Waals surface area contributed by atoms with E-state index in [1.165, 1.54) is 0 Å². The summed E-state index contributed by atoms with van der Waals surface area (Å²) < 4.78 is 9.41. The van der Waals surface area contributed by atoms with Gasteiger partial charge in [0.2, 0.25) is 0 Å². The third-order valence-electron chi connectivity index (χ3n) is 0.927. The zero-order chi connectivity index (χ0) is 8.69. The van der Waals surface area contributed by atoms with Crippen LogP contribution in [0.25, 0.3) is 0 Å². The van der Waals surface area contributed by atoms with Gasteiger partial charge in [-0.2, -0.15) is 0 Å². The van der Waals surface area contributed by atoms with Gasteiger partial charge in [0.15, 0.2) is 0 Å². The van der Waals surface area contributed by atoms with Crippen LogP contribution in [-0.4, -0.2) is 32.5 Å². The summed E-state index contributed by atoms with van der Waals surface area (Å²) >= 11 is 0. The standard InChI is InChI=1S/C7H15NO3/c1-6(2)8-7(9)11-5-4-10-3/h6H,4-5H2,1-3H3,(H,8,9). The second-order valence-electron chi connectivity index (χ2n) is 2.43. The van der Waals surface area contributed by atoms with Crippen molar-refractivity contribution >= 4 is 6.09 Å². The van der Waals surface area contributed by atoms with E-state index >= 15 is 0 Å². The summed E-state index contributed by atoms with van der Waals surface area (Å²) in [6, 6.07) is 0.116. The molecule has 0 spiro atoms. The molecule has 0 aliphatic heterocycles. The van der Waals surface area contributed by atoms with Crippen LogP contribution in [0.2, 0.25) is 0 Å². The zero-order valence-electron chi connectivity index (χ0n) is 7.22. The number of rotatable bonds is 4. The number of methoxy groups -OCH3 is 1. The fourth-order valence-electron chi connectivity index (χ4n) is 0.495. The Kier molecular flexibility index (Phi) is 5.56. The van der Waals surface area contributed by atoms with E-state index in [1.54, 1.807) is 7.11 Å². The summed E-state index contributed by atoms with van der Waals surface area (Å²) in [6.45, 7) is 4.48. The molecular weight excluding hydrogens is 146 g/mol. The Hall–Kier alpha value is -0.770. The lowest BCUT2D eigenvalue weighted by atomic mass is 10.4. The van der Waals surface area contributed by atoms with Gasteiger partial charge in [0, 0.05) is 13.2 Å². The average molecular weight is 161 g/mol. The van der Waals surface area contributed by atoms with E-state index in [1.807, 2.05) is 13.8 Å². The predicted molar refractivity (Wildman–Crippen MR) is 41.5 cm³/mol. The topological polar surface area (TPSA) is 47.6 Å². The zero-order valence-corrected chi connectivity index (χ0v) is 7.22. The molecule has 0 aromatic rings. The monoisotopic (exact) mass is 161 g/mol. The highest BCUT2D eigenvalue weighted by Gasteiger charge is 2.01. The van der Waals surface area contributed by atoms with Crippen molar-refractivity contribution in [2.45, 2.75) is 19.9 Å². The molecule has 0 aromatic carbocycles. The Morgan fingerprint density at radius 1 is 1.45 bits per heavy atom. The number of carbonyl (C=O) groups is 1. The fraction of sp³-hybridized carbons (Fsp3) is 0.857. The van der Waals surface area contributed by atoms with Crippen LogP contribution in [0.1, 0.15) is 13.8 Å². The van der Waals surface area contributed by atoms with Crippen molar-refractivity contribution < 1.29 is 14.3 Å². The normalized spacial score (nSPS) is 9.82. The quantitative estimate of drug-likeness (QED) is 0.619. The molecule has 11 heavy (non-hydrogen) atoms. The number of hydrogen-bond donors (Lipinski definition) is 1. The van der Waals surface area contributed by atoms with Crippen LogP contribution in [0.3, 0.4) is 0 Å². The lowest BCUT2D eigenvalue weighted by Gasteiger charge is -2.08. The third-order valence-corrected chi connectivity index (χ3v) is 0.927. The van der Waals surface area contributed by atoms with E-state index in [-0.39, 0.29) is 6.04 Å². The number of ether oxygens (including phenoxy) is 2. The predicted octanol–water partition coefficient (Wildman–Crippen LogP) is 0.767. The molecule has 0 rings (SSSR count). The molecule has 0 aliphatic rings. The van der Waals surface area contributed by atoms with Crippen molar-refractivity contribution in [2.75, 3.05) is 20.3 Å². The van der Waals surface area contributed by atoms with E-state index in [4.69, 9.17) is 9.47 Å². The molecule has 0 unspecified atom stereocenters. The van der Waals surface area contributed by atoms with E-state index in [2.05, 4.69) is 5.32 Å². The minimum atomic E-state index is -0.392. The molecule has 1 N–H and O–H groups in total. The second kappa shape index (κ2) is 5.97. The first kappa shape index (κ1) is 10.2. The highest BCUT2D eigenvalue weighted by Crippen LogP contribution is 1.82. The van der Waals surface area contributed by atoms with Crippen molar-refractivity contribution in [1.29, 1.82) is 0 Å². The number of nitrogens with one attached hydrogen (secondary N) is 1. The van der Waals surface area contributed by atoms with Gasteiger partial charge in [0.1, 0.15) is 6.61 Å². The van der Waals surface area contributed by atoms with Gasteiger partial charge in [-0.25, -0.2) is 4.79 Å². The molecule has 0 bridgehead atoms. The maximum atomic E-state index is 10.7. The molecule has 0 aromatic heterocycles. The summed E-state index contributed by atoms with van der Waals surface area (Å²) in [6.07, 6.45) is -0.392. The molecule has 0 atom stereocenters. The lowest BCUT2D eigenvalue weighted by molar-refractivity contribution is 0.0972. The molecule has 0 heterocycles. The molecule has 4 nitrogen and oxygen atoms in total. The van der Waals surface area contributed by atoms with E-state index < -0.39 is 6.09 Å².